The van der Waals surface area contributed by atoms with Crippen molar-refractivity contribution in [2.75, 3.05) is 6.54 Å². The highest BCUT2D eigenvalue weighted by atomic mass is 16.5. The van der Waals surface area contributed by atoms with Crippen molar-refractivity contribution in [3.05, 3.63) is 94.5 Å². The number of fused-ring (bicyclic) bond motifs is 1. The van der Waals surface area contributed by atoms with Gasteiger partial charge in [0.1, 0.15) is 24.2 Å². The van der Waals surface area contributed by atoms with Crippen LogP contribution in [-0.2, 0) is 24.4 Å². The fourth-order valence-electron chi connectivity index (χ4n) is 4.35. The van der Waals surface area contributed by atoms with E-state index in [2.05, 4.69) is 30.9 Å². The molecule has 1 unspecified atom stereocenters. The summed E-state index contributed by atoms with van der Waals surface area (Å²) in [6, 6.07) is 21.7. The van der Waals surface area contributed by atoms with Crippen LogP contribution in [0, 0.1) is 0 Å². The summed E-state index contributed by atoms with van der Waals surface area (Å²) in [4.78, 5) is 14.6. The van der Waals surface area contributed by atoms with Crippen molar-refractivity contribution in [2.24, 2.45) is 0 Å². The molecule has 0 aliphatic carbocycles. The third-order valence-corrected chi connectivity index (χ3v) is 6.35. The van der Waals surface area contributed by atoms with Gasteiger partial charge in [-0.05, 0) is 37.1 Å². The monoisotopic (exact) mass is 459 g/mol. The minimum atomic E-state index is -0.288. The topological polar surface area (TPSA) is 59.0 Å². The third kappa shape index (κ3) is 5.60. The van der Waals surface area contributed by atoms with E-state index in [0.717, 1.165) is 49.0 Å². The highest BCUT2D eigenvalue weighted by Gasteiger charge is 2.30. The number of ether oxygens (including phenoxy) is 2. The summed E-state index contributed by atoms with van der Waals surface area (Å²) in [6.45, 7) is 6.81. The molecule has 4 rings (SSSR count). The van der Waals surface area contributed by atoms with Crippen LogP contribution in [0.15, 0.2) is 66.7 Å². The van der Waals surface area contributed by atoms with Crippen LogP contribution in [0.4, 0.5) is 0 Å². The van der Waals surface area contributed by atoms with Gasteiger partial charge in [0.2, 0.25) is 0 Å². The number of phenols is 1. The average molecular weight is 460 g/mol. The number of esters is 1. The number of carbonyl (C=O) groups is 1. The zero-order chi connectivity index (χ0) is 23.9. The lowest BCUT2D eigenvalue weighted by molar-refractivity contribution is 0.0364. The van der Waals surface area contributed by atoms with E-state index in [1.807, 2.05) is 48.5 Å². The first-order chi connectivity index (χ1) is 16.6. The lowest BCUT2D eigenvalue weighted by Crippen LogP contribution is -2.22. The molecule has 0 spiro atoms. The minimum Gasteiger partial charge on any atom is -0.507 e. The smallest absolute Gasteiger partial charge is 0.339 e. The minimum absolute atomic E-state index is 0.158. The molecule has 3 aromatic rings. The first-order valence-corrected chi connectivity index (χ1v) is 12.1. The van der Waals surface area contributed by atoms with Gasteiger partial charge in [-0.1, -0.05) is 74.9 Å². The first kappa shape index (κ1) is 23.8. The van der Waals surface area contributed by atoms with Gasteiger partial charge in [0.15, 0.2) is 0 Å². The predicted molar refractivity (Wildman–Crippen MR) is 133 cm³/mol. The van der Waals surface area contributed by atoms with Crippen molar-refractivity contribution in [3.8, 4) is 11.5 Å². The molecule has 1 aliphatic rings. The van der Waals surface area contributed by atoms with Crippen molar-refractivity contribution in [1.29, 1.82) is 0 Å². The van der Waals surface area contributed by atoms with E-state index in [1.54, 1.807) is 6.07 Å². The van der Waals surface area contributed by atoms with E-state index in [1.165, 1.54) is 5.56 Å². The number of unbranched alkanes of at least 4 members (excludes halogenated alkanes) is 1. The Balaban J connectivity index is 1.42. The number of carbonyl (C=O) groups excluding carboxylic acids is 1. The van der Waals surface area contributed by atoms with Gasteiger partial charge in [-0.15, -0.1) is 0 Å². The van der Waals surface area contributed by atoms with Gasteiger partial charge >= 0.3 is 5.97 Å². The first-order valence-electron chi connectivity index (χ1n) is 12.1. The molecular formula is C29H33NO4. The van der Waals surface area contributed by atoms with Gasteiger partial charge in [0, 0.05) is 29.8 Å². The quantitative estimate of drug-likeness (QED) is 0.337. The van der Waals surface area contributed by atoms with Crippen molar-refractivity contribution >= 4 is 5.97 Å². The van der Waals surface area contributed by atoms with Gasteiger partial charge in [0.05, 0.1) is 5.56 Å². The molecule has 0 radical (unpaired) electrons. The number of hydrogen-bond donors (Lipinski definition) is 1. The second-order valence-corrected chi connectivity index (χ2v) is 8.79. The van der Waals surface area contributed by atoms with Crippen LogP contribution in [0.2, 0.25) is 0 Å². The van der Waals surface area contributed by atoms with Crippen molar-refractivity contribution in [3.63, 3.8) is 0 Å². The summed E-state index contributed by atoms with van der Waals surface area (Å²) < 4.78 is 11.5. The van der Waals surface area contributed by atoms with Gasteiger partial charge in [-0.3, -0.25) is 4.90 Å². The second kappa shape index (κ2) is 11.2. The maximum atomic E-state index is 12.3. The Morgan fingerprint density at radius 1 is 0.971 bits per heavy atom. The summed E-state index contributed by atoms with van der Waals surface area (Å²) in [7, 11) is 0. The normalized spacial score (nSPS) is 14.8. The number of para-hydroxylation sites is 1. The molecule has 5 heteroatoms. The van der Waals surface area contributed by atoms with Gasteiger partial charge < -0.3 is 14.6 Å². The highest BCUT2D eigenvalue weighted by molar-refractivity contribution is 5.94. The van der Waals surface area contributed by atoms with Crippen LogP contribution in [0.25, 0.3) is 0 Å². The Hall–Kier alpha value is -3.31. The number of nitrogens with zero attached hydrogens (tertiary/aromatic N) is 1. The highest BCUT2D eigenvalue weighted by Crippen LogP contribution is 2.36. The lowest BCUT2D eigenvalue weighted by Gasteiger charge is -2.22. The summed E-state index contributed by atoms with van der Waals surface area (Å²) in [5, 5.41) is 10.9. The fraction of sp³-hybridized carbons (Fsp3) is 0.345. The fourth-order valence-corrected chi connectivity index (χ4v) is 4.35. The van der Waals surface area contributed by atoms with E-state index in [4.69, 9.17) is 9.47 Å². The molecule has 1 atom stereocenters. The number of cyclic esters (lactones) is 1. The SMILES string of the molecule is CCCCC1OC(=O)c2cc(OCc3cccc(CN(CC)Cc4ccccc4)c3O)ccc21. The average Bonchev–Trinajstić information content (AvgIpc) is 3.18. The molecule has 34 heavy (non-hydrogen) atoms. The Kier molecular flexibility index (Phi) is 7.86. The molecule has 0 saturated heterocycles. The van der Waals surface area contributed by atoms with Crippen LogP contribution in [0.5, 0.6) is 11.5 Å². The van der Waals surface area contributed by atoms with Crippen LogP contribution in [0.1, 0.15) is 71.8 Å². The summed E-state index contributed by atoms with van der Waals surface area (Å²) >= 11 is 0. The molecule has 178 valence electrons. The summed E-state index contributed by atoms with van der Waals surface area (Å²) in [5.41, 5.74) is 4.35. The van der Waals surface area contributed by atoms with E-state index in [-0.39, 0.29) is 24.4 Å². The maximum Gasteiger partial charge on any atom is 0.339 e. The summed E-state index contributed by atoms with van der Waals surface area (Å²) in [6.07, 6.45) is 2.77. The molecule has 5 nitrogen and oxygen atoms in total. The number of phenolic OH excluding ortho intramolecular Hbond substituents is 1. The largest absolute Gasteiger partial charge is 0.507 e. The number of rotatable bonds is 11. The van der Waals surface area contributed by atoms with Crippen molar-refractivity contribution in [1.82, 2.24) is 4.90 Å². The third-order valence-electron chi connectivity index (χ3n) is 6.35. The van der Waals surface area contributed by atoms with E-state index in [0.29, 0.717) is 17.9 Å². The Morgan fingerprint density at radius 2 is 1.76 bits per heavy atom. The van der Waals surface area contributed by atoms with Gasteiger partial charge in [-0.2, -0.15) is 0 Å². The molecule has 0 aromatic heterocycles. The second-order valence-electron chi connectivity index (χ2n) is 8.79. The number of aromatic hydroxyl groups is 1. The molecule has 0 bridgehead atoms. The van der Waals surface area contributed by atoms with Gasteiger partial charge in [-0.25, -0.2) is 4.79 Å². The molecule has 3 aromatic carbocycles. The Bertz CT molecular complexity index is 1110. The number of hydrogen-bond acceptors (Lipinski definition) is 5. The van der Waals surface area contributed by atoms with Crippen LogP contribution in [-0.4, -0.2) is 22.5 Å². The van der Waals surface area contributed by atoms with Gasteiger partial charge in [0.25, 0.3) is 0 Å². The molecular weight excluding hydrogens is 426 g/mol. The molecule has 0 amide bonds. The van der Waals surface area contributed by atoms with E-state index in [9.17, 15) is 9.90 Å². The van der Waals surface area contributed by atoms with E-state index < -0.39 is 0 Å². The molecule has 0 fully saturated rings. The lowest BCUT2D eigenvalue weighted by atomic mass is 10.0. The van der Waals surface area contributed by atoms with Crippen LogP contribution < -0.4 is 4.74 Å². The Labute approximate surface area is 201 Å². The van der Waals surface area contributed by atoms with Crippen LogP contribution in [0.3, 0.4) is 0 Å². The van der Waals surface area contributed by atoms with Crippen molar-refractivity contribution < 1.29 is 19.4 Å². The zero-order valence-electron chi connectivity index (χ0n) is 20.0. The van der Waals surface area contributed by atoms with E-state index >= 15 is 0 Å². The van der Waals surface area contributed by atoms with Crippen molar-refractivity contribution in [2.45, 2.75) is 58.9 Å². The van der Waals surface area contributed by atoms with Crippen LogP contribution >= 0.6 is 0 Å². The number of benzene rings is 3. The standard InChI is InChI=1S/C29H33NO4/c1-3-5-14-27-25-16-15-24(17-26(25)29(32)34-27)33-20-23-13-9-12-22(28(23)31)19-30(4-2)18-21-10-7-6-8-11-21/h6-13,15-17,27,31H,3-5,14,18-20H2,1-2H3. The molecule has 1 heterocycles. The maximum absolute atomic E-state index is 12.3. The predicted octanol–water partition coefficient (Wildman–Crippen LogP) is 6.40. The molecule has 1 aliphatic heterocycles. The summed E-state index contributed by atoms with van der Waals surface area (Å²) in [5.74, 6) is 0.564. The molecule has 0 saturated carbocycles. The molecule has 1 N–H and O–H groups in total. The Morgan fingerprint density at radius 3 is 2.53 bits per heavy atom. The zero-order valence-corrected chi connectivity index (χ0v) is 20.0.